The Labute approximate surface area is 203 Å². The maximum Gasteiger partial charge on any atom is 0.422 e. The second-order valence-corrected chi connectivity index (χ2v) is 9.24. The maximum absolute atomic E-state index is 12.1. The van der Waals surface area contributed by atoms with Gasteiger partial charge in [-0.1, -0.05) is 60.7 Å². The minimum atomic E-state index is -1.84. The Hall–Kier alpha value is -3.43. The van der Waals surface area contributed by atoms with E-state index in [0.717, 1.165) is 42.0 Å². The van der Waals surface area contributed by atoms with Crippen molar-refractivity contribution in [1.29, 1.82) is 0 Å². The molecule has 0 radical (unpaired) electrons. The van der Waals surface area contributed by atoms with Gasteiger partial charge in [0.25, 0.3) is 0 Å². The average Bonchev–Trinajstić information content (AvgIpc) is 3.32. The summed E-state index contributed by atoms with van der Waals surface area (Å²) in [4.78, 5) is 38.7. The molecule has 5 rings (SSSR count). The summed E-state index contributed by atoms with van der Waals surface area (Å²) in [6, 6.07) is 19.5. The van der Waals surface area contributed by atoms with Crippen LogP contribution in [0.5, 0.6) is 0 Å². The zero-order valence-electron chi connectivity index (χ0n) is 19.5. The van der Waals surface area contributed by atoms with E-state index in [1.165, 1.54) is 7.05 Å². The number of amides is 1. The van der Waals surface area contributed by atoms with E-state index < -0.39 is 35.6 Å². The molecular formula is C26H28N2O7. The number of likely N-dealkylation sites (tertiary alicyclic amines) is 1. The second-order valence-electron chi connectivity index (χ2n) is 9.24. The number of aliphatic hydroxyl groups is 1. The first-order valence-corrected chi connectivity index (χ1v) is 11.8. The highest BCUT2D eigenvalue weighted by molar-refractivity contribution is 6.31. The summed E-state index contributed by atoms with van der Waals surface area (Å²) in [5, 5.41) is 12.0. The Balaban J connectivity index is 1.26. The molecular weight excluding hydrogens is 452 g/mol. The van der Waals surface area contributed by atoms with Gasteiger partial charge in [-0.05, 0) is 43.0 Å². The molecule has 2 aromatic carbocycles. The summed E-state index contributed by atoms with van der Waals surface area (Å²) < 4.78 is 15.6. The van der Waals surface area contributed by atoms with E-state index in [1.807, 2.05) is 60.7 Å². The Morgan fingerprint density at radius 3 is 1.94 bits per heavy atom. The first-order chi connectivity index (χ1) is 16.8. The quantitative estimate of drug-likeness (QED) is 0.496. The van der Waals surface area contributed by atoms with Crippen molar-refractivity contribution in [2.45, 2.75) is 36.9 Å². The smallest absolute Gasteiger partial charge is 0.422 e. The maximum atomic E-state index is 12.1. The van der Waals surface area contributed by atoms with Gasteiger partial charge < -0.3 is 24.2 Å². The fourth-order valence-electron chi connectivity index (χ4n) is 5.39. The molecule has 3 heterocycles. The SMILES string of the molecule is CN1C(=O)OC(CCN2CCC(C(O)(c3ccccc3)c3ccccc3)CC2)C12OC(=O)C(=O)O2. The third kappa shape index (κ3) is 3.94. The minimum absolute atomic E-state index is 0.0158. The molecule has 0 bridgehead atoms. The van der Waals surface area contributed by atoms with Crippen LogP contribution in [0.25, 0.3) is 0 Å². The highest BCUT2D eigenvalue weighted by atomic mass is 16.8. The Kier molecular flexibility index (Phi) is 5.98. The zero-order chi connectivity index (χ0) is 24.6. The Bertz CT molecular complexity index is 1040. The van der Waals surface area contributed by atoms with Crippen LogP contribution in [0.15, 0.2) is 60.7 Å². The lowest BCUT2D eigenvalue weighted by atomic mass is 9.72. The number of piperidine rings is 1. The molecule has 2 aromatic rings. The van der Waals surface area contributed by atoms with Crippen LogP contribution in [0.4, 0.5) is 4.79 Å². The van der Waals surface area contributed by atoms with E-state index in [-0.39, 0.29) is 5.92 Å². The van der Waals surface area contributed by atoms with Crippen molar-refractivity contribution in [2.24, 2.45) is 5.92 Å². The normalized spacial score (nSPS) is 22.9. The largest absolute Gasteiger partial charge is 0.435 e. The first kappa shape index (κ1) is 23.3. The monoisotopic (exact) mass is 480 g/mol. The van der Waals surface area contributed by atoms with Crippen LogP contribution in [0, 0.1) is 5.92 Å². The number of carbonyl (C=O) groups excluding carboxylic acids is 3. The predicted molar refractivity (Wildman–Crippen MR) is 123 cm³/mol. The number of nitrogens with zero attached hydrogens (tertiary/aromatic N) is 2. The summed E-state index contributed by atoms with van der Waals surface area (Å²) in [5.41, 5.74) is 0.643. The van der Waals surface area contributed by atoms with Crippen molar-refractivity contribution >= 4 is 18.0 Å². The minimum Gasteiger partial charge on any atom is -0.435 e. The lowest BCUT2D eigenvalue weighted by molar-refractivity contribution is -0.242. The molecule has 184 valence electrons. The summed E-state index contributed by atoms with van der Waals surface area (Å²) in [6.07, 6.45) is 0.216. The highest BCUT2D eigenvalue weighted by Gasteiger charge is 2.65. The molecule has 9 nitrogen and oxygen atoms in total. The van der Waals surface area contributed by atoms with Crippen LogP contribution in [-0.2, 0) is 29.4 Å². The third-order valence-corrected chi connectivity index (χ3v) is 7.35. The molecule has 1 atom stereocenters. The van der Waals surface area contributed by atoms with Crippen molar-refractivity contribution in [2.75, 3.05) is 26.7 Å². The van der Waals surface area contributed by atoms with Crippen molar-refractivity contribution in [3.05, 3.63) is 71.8 Å². The molecule has 1 amide bonds. The fraction of sp³-hybridized carbons (Fsp3) is 0.423. The van der Waals surface area contributed by atoms with Crippen LogP contribution in [0.2, 0.25) is 0 Å². The lowest BCUT2D eigenvalue weighted by Gasteiger charge is -2.42. The number of hydrogen-bond acceptors (Lipinski definition) is 8. The van der Waals surface area contributed by atoms with Gasteiger partial charge in [-0.15, -0.1) is 0 Å². The van der Waals surface area contributed by atoms with Crippen molar-refractivity contribution in [3.63, 3.8) is 0 Å². The number of cyclic esters (lactones) is 1. The van der Waals surface area contributed by atoms with Crippen LogP contribution >= 0.6 is 0 Å². The number of esters is 2. The number of ether oxygens (including phenoxy) is 3. The van der Waals surface area contributed by atoms with Gasteiger partial charge in [0, 0.05) is 20.0 Å². The van der Waals surface area contributed by atoms with Gasteiger partial charge in [0.2, 0.25) is 6.10 Å². The molecule has 1 spiro atoms. The molecule has 3 aliphatic rings. The van der Waals surface area contributed by atoms with E-state index in [9.17, 15) is 19.5 Å². The molecule has 9 heteroatoms. The molecule has 0 aliphatic carbocycles. The highest BCUT2D eigenvalue weighted by Crippen LogP contribution is 2.42. The number of benzene rings is 2. The van der Waals surface area contributed by atoms with E-state index >= 15 is 0 Å². The van der Waals surface area contributed by atoms with E-state index in [1.54, 1.807) is 0 Å². The summed E-state index contributed by atoms with van der Waals surface area (Å²) >= 11 is 0. The second kappa shape index (κ2) is 8.98. The summed E-state index contributed by atoms with van der Waals surface area (Å²) in [5.74, 6) is -4.10. The third-order valence-electron chi connectivity index (χ3n) is 7.35. The summed E-state index contributed by atoms with van der Waals surface area (Å²) in [6.45, 7) is 2.01. The van der Waals surface area contributed by atoms with Crippen LogP contribution in [-0.4, -0.2) is 71.6 Å². The van der Waals surface area contributed by atoms with Crippen LogP contribution < -0.4 is 0 Å². The molecule has 3 aliphatic heterocycles. The van der Waals surface area contributed by atoms with E-state index in [0.29, 0.717) is 13.0 Å². The van der Waals surface area contributed by atoms with E-state index in [2.05, 4.69) is 4.90 Å². The predicted octanol–water partition coefficient (Wildman–Crippen LogP) is 2.23. The molecule has 0 aromatic heterocycles. The number of likely N-dealkylation sites (N-methyl/N-ethyl adjacent to an activating group) is 1. The van der Waals surface area contributed by atoms with Crippen molar-refractivity contribution in [3.8, 4) is 0 Å². The molecule has 0 saturated carbocycles. The number of carbonyl (C=O) groups is 3. The van der Waals surface area contributed by atoms with E-state index in [4.69, 9.17) is 14.2 Å². The van der Waals surface area contributed by atoms with Gasteiger partial charge in [0.1, 0.15) is 5.60 Å². The first-order valence-electron chi connectivity index (χ1n) is 11.8. The van der Waals surface area contributed by atoms with Crippen molar-refractivity contribution in [1.82, 2.24) is 9.80 Å². The molecule has 3 fully saturated rings. The molecule has 35 heavy (non-hydrogen) atoms. The molecule has 1 N–H and O–H groups in total. The lowest BCUT2D eigenvalue weighted by Crippen LogP contribution is -2.52. The van der Waals surface area contributed by atoms with Gasteiger partial charge in [-0.25, -0.2) is 19.3 Å². The fourth-order valence-corrected chi connectivity index (χ4v) is 5.39. The van der Waals surface area contributed by atoms with Crippen molar-refractivity contribution < 1.29 is 33.7 Å². The standard InChI is InChI=1S/C26H28N2O7/c1-27-24(31)33-21(26(27)34-22(29)23(30)35-26)14-17-28-15-12-20(13-16-28)25(32,18-8-4-2-5-9-18)19-10-6-3-7-11-19/h2-11,20-21,32H,12-17H2,1H3. The molecule has 3 saturated heterocycles. The van der Waals surface area contributed by atoms with Gasteiger partial charge in [-0.3, -0.25) is 0 Å². The Morgan fingerprint density at radius 1 is 0.914 bits per heavy atom. The van der Waals surface area contributed by atoms with Gasteiger partial charge in [-0.2, -0.15) is 0 Å². The summed E-state index contributed by atoms with van der Waals surface area (Å²) in [7, 11) is 1.37. The topological polar surface area (TPSA) is 106 Å². The van der Waals surface area contributed by atoms with Crippen LogP contribution in [0.1, 0.15) is 30.4 Å². The number of hydrogen-bond donors (Lipinski definition) is 1. The van der Waals surface area contributed by atoms with Crippen LogP contribution in [0.3, 0.4) is 0 Å². The number of rotatable bonds is 6. The average molecular weight is 481 g/mol. The molecule has 1 unspecified atom stereocenters. The van der Waals surface area contributed by atoms with Gasteiger partial charge in [0.15, 0.2) is 0 Å². The van der Waals surface area contributed by atoms with Gasteiger partial charge in [0.05, 0.1) is 0 Å². The zero-order valence-corrected chi connectivity index (χ0v) is 19.5. The van der Waals surface area contributed by atoms with Gasteiger partial charge >= 0.3 is 23.9 Å². The Morgan fingerprint density at radius 2 is 1.43 bits per heavy atom.